The highest BCUT2D eigenvalue weighted by molar-refractivity contribution is 6.10. The Morgan fingerprint density at radius 3 is 1.29 bits per heavy atom. The largest absolute Gasteiger partial charge is 0.309 e. The highest BCUT2D eigenvalue weighted by atomic mass is 15.0. The number of nitrogens with zero attached hydrogens (tertiary/aromatic N) is 2. The van der Waals surface area contributed by atoms with E-state index in [2.05, 4.69) is 0 Å². The molecule has 0 spiro atoms. The molecule has 0 amide bonds. The number of hydrogen-bond acceptors (Lipinski definition) is 0. The lowest BCUT2D eigenvalue weighted by Crippen LogP contribution is -1.95. The molecule has 178 valence electrons. The van der Waals surface area contributed by atoms with Gasteiger partial charge in [0.1, 0.15) is 0 Å². The summed E-state index contributed by atoms with van der Waals surface area (Å²) in [5.74, 6) is 0. The van der Waals surface area contributed by atoms with E-state index in [1.54, 1.807) is 48.5 Å². The van der Waals surface area contributed by atoms with Crippen LogP contribution in [0.4, 0.5) is 0 Å². The van der Waals surface area contributed by atoms with E-state index in [0.29, 0.717) is 22.5 Å². The van der Waals surface area contributed by atoms with Crippen LogP contribution in [-0.4, -0.2) is 9.13 Å². The van der Waals surface area contributed by atoms with Crippen molar-refractivity contribution in [3.05, 3.63) is 145 Å². The normalized spacial score (nSPS) is 17.2. The quantitative estimate of drug-likeness (QED) is 0.229. The van der Waals surface area contributed by atoms with E-state index in [1.807, 2.05) is 0 Å². The Kier molecular flexibility index (Phi) is 2.41. The number of benzene rings is 6. The third-order valence-corrected chi connectivity index (χ3v) is 6.68. The van der Waals surface area contributed by atoms with Crippen LogP contribution >= 0.6 is 0 Å². The molecule has 0 radical (unpaired) electrons. The van der Waals surface area contributed by atoms with Gasteiger partial charge < -0.3 is 9.13 Å². The molecule has 8 aromatic rings. The van der Waals surface area contributed by atoms with Gasteiger partial charge >= 0.3 is 0 Å². The molecule has 0 aliphatic heterocycles. The summed E-state index contributed by atoms with van der Waals surface area (Å²) < 4.78 is 131. The third kappa shape index (κ3) is 3.07. The van der Waals surface area contributed by atoms with Crippen LogP contribution in [-0.2, 0) is 0 Å². The van der Waals surface area contributed by atoms with Crippen LogP contribution in [0.25, 0.3) is 66.1 Å². The molecule has 8 rings (SSSR count). The zero-order valence-corrected chi connectivity index (χ0v) is 19.6. The lowest BCUT2D eigenvalue weighted by molar-refractivity contribution is 1.17. The van der Waals surface area contributed by atoms with Crippen molar-refractivity contribution in [1.29, 1.82) is 0 Å². The van der Waals surface area contributed by atoms with Gasteiger partial charge in [-0.1, -0.05) is 96.8 Å². The molecule has 2 nitrogen and oxygen atoms in total. The van der Waals surface area contributed by atoms with Gasteiger partial charge in [0.25, 0.3) is 0 Å². The van der Waals surface area contributed by atoms with Crippen LogP contribution in [0.2, 0.25) is 0 Å². The van der Waals surface area contributed by atoms with Gasteiger partial charge in [-0.2, -0.15) is 0 Å². The van der Waals surface area contributed by atoms with Crippen LogP contribution in [0.5, 0.6) is 0 Å². The van der Waals surface area contributed by atoms with Gasteiger partial charge in [0.05, 0.1) is 42.6 Å². The molecule has 2 heteroatoms. The van der Waals surface area contributed by atoms with Crippen molar-refractivity contribution in [2.45, 2.75) is 0 Å². The minimum Gasteiger partial charge on any atom is -0.309 e. The number of aromatic nitrogens is 2. The molecule has 0 saturated carbocycles. The van der Waals surface area contributed by atoms with Crippen LogP contribution in [0.3, 0.4) is 0 Å². The molecule has 2 aromatic heterocycles. The minimum absolute atomic E-state index is 0.0220. The van der Waals surface area contributed by atoms with Crippen molar-refractivity contribution in [3.63, 3.8) is 0 Å². The Morgan fingerprint density at radius 1 is 0.395 bits per heavy atom. The molecule has 0 fully saturated rings. The first kappa shape index (κ1) is 11.1. The average Bonchev–Trinajstić information content (AvgIpc) is 3.70. The second-order valence-corrected chi connectivity index (χ2v) is 8.74. The van der Waals surface area contributed by atoms with Crippen LogP contribution < -0.4 is 0 Å². The van der Waals surface area contributed by atoms with Crippen molar-refractivity contribution >= 4 is 43.6 Å². The van der Waals surface area contributed by atoms with Gasteiger partial charge in [-0.15, -0.1) is 0 Å². The first-order valence-electron chi connectivity index (χ1n) is 19.3. The summed E-state index contributed by atoms with van der Waals surface area (Å²) in [7, 11) is 0. The highest BCUT2D eigenvalue weighted by Gasteiger charge is 2.14. The second-order valence-electron chi connectivity index (χ2n) is 8.74. The molecule has 0 bridgehead atoms. The molecule has 0 aliphatic rings. The summed E-state index contributed by atoms with van der Waals surface area (Å²) in [5, 5.41) is 0.251. The van der Waals surface area contributed by atoms with Gasteiger partial charge in [-0.05, 0) is 59.6 Å². The molecule has 0 atom stereocenters. The first-order chi connectivity index (χ1) is 25.1. The van der Waals surface area contributed by atoms with Crippen LogP contribution in [0.1, 0.15) is 20.6 Å². The Morgan fingerprint density at radius 2 is 0.789 bits per heavy atom. The van der Waals surface area contributed by atoms with E-state index >= 15 is 0 Å². The summed E-state index contributed by atoms with van der Waals surface area (Å²) in [6.07, 6.45) is 0. The highest BCUT2D eigenvalue weighted by Crippen LogP contribution is 2.35. The maximum absolute atomic E-state index is 8.84. The molecule has 2 heterocycles. The fraction of sp³-hybridized carbons (Fsp3) is 0. The van der Waals surface area contributed by atoms with Gasteiger partial charge in [-0.3, -0.25) is 0 Å². The predicted molar refractivity (Wildman–Crippen MR) is 161 cm³/mol. The summed E-state index contributed by atoms with van der Waals surface area (Å²) in [6.45, 7) is 0. The van der Waals surface area contributed by atoms with Crippen molar-refractivity contribution < 1.29 is 20.6 Å². The summed E-state index contributed by atoms with van der Waals surface area (Å²) in [4.78, 5) is 0. The topological polar surface area (TPSA) is 9.86 Å². The molecule has 6 aromatic carbocycles. The fourth-order valence-corrected chi connectivity index (χ4v) is 5.07. The standard InChI is InChI=1S/C36H24N2/c1-5-19-33-29(15-1)30-16-2-6-20-34(30)37(33)27-13-9-11-25(23-27)26-12-10-14-28(24-26)38-35-21-7-3-17-31(35)32-18-4-8-22-36(32)38/h1-24H/i1D,2D,3D,4D,5D,6D,7D,8D,15D,16D,17D,19D,20D,21D,22D. The molecule has 0 N–H and O–H groups in total. The Balaban J connectivity index is 1.42. The second kappa shape index (κ2) is 8.22. The lowest BCUT2D eigenvalue weighted by atomic mass is 10.0. The smallest absolute Gasteiger partial charge is 0.0645 e. The number of fused-ring (bicyclic) bond motifs is 6. The fourth-order valence-electron chi connectivity index (χ4n) is 5.07. The van der Waals surface area contributed by atoms with Crippen LogP contribution in [0.15, 0.2) is 145 Å². The van der Waals surface area contributed by atoms with E-state index in [0.717, 1.165) is 0 Å². The SMILES string of the molecule is [2H]c1cc2c3c([2H])c([2H])c([2H])c([2H])c3n(-c3cccc(-c4cccc(-n5c6c([2H])c([2H])c([2H])c([2H])c6c6c([2H])c([2H])c([2H])c([2H])c65)c4)c3)c2c([2H])c1[2H]. The molecule has 38 heavy (non-hydrogen) atoms. The number of rotatable bonds is 3. The number of hydrogen-bond donors (Lipinski definition) is 0. The summed E-state index contributed by atoms with van der Waals surface area (Å²) >= 11 is 0. The zero-order chi connectivity index (χ0) is 38.1. The summed E-state index contributed by atoms with van der Waals surface area (Å²) in [5.41, 5.74) is 2.05. The summed E-state index contributed by atoms with van der Waals surface area (Å²) in [6, 6.07) is 8.54. The molecule has 0 unspecified atom stereocenters. The number of para-hydroxylation sites is 4. The molecule has 0 aliphatic carbocycles. The Hall–Kier alpha value is -5.08. The van der Waals surface area contributed by atoms with E-state index in [-0.39, 0.29) is 73.8 Å². The monoisotopic (exact) mass is 499 g/mol. The van der Waals surface area contributed by atoms with E-state index < -0.39 is 60.4 Å². The average molecular weight is 500 g/mol. The van der Waals surface area contributed by atoms with Gasteiger partial charge in [-0.25, -0.2) is 0 Å². The maximum Gasteiger partial charge on any atom is 0.0645 e. The van der Waals surface area contributed by atoms with E-state index in [4.69, 9.17) is 20.6 Å². The van der Waals surface area contributed by atoms with Gasteiger partial charge in [0.2, 0.25) is 0 Å². The van der Waals surface area contributed by atoms with Crippen molar-refractivity contribution in [3.8, 4) is 22.5 Å². The predicted octanol–water partition coefficient (Wildman–Crippen LogP) is 9.55. The first-order valence-corrected chi connectivity index (χ1v) is 11.8. The third-order valence-electron chi connectivity index (χ3n) is 6.68. The molecular weight excluding hydrogens is 460 g/mol. The molecular formula is C36H24N2. The van der Waals surface area contributed by atoms with E-state index in [9.17, 15) is 0 Å². The van der Waals surface area contributed by atoms with Crippen LogP contribution in [0, 0.1) is 0 Å². The Labute approximate surface area is 241 Å². The van der Waals surface area contributed by atoms with Gasteiger partial charge in [0, 0.05) is 32.9 Å². The minimum atomic E-state index is -0.540. The van der Waals surface area contributed by atoms with Crippen molar-refractivity contribution in [2.24, 2.45) is 0 Å². The van der Waals surface area contributed by atoms with Gasteiger partial charge in [0.15, 0.2) is 0 Å². The van der Waals surface area contributed by atoms with E-state index in [1.165, 1.54) is 15.2 Å². The lowest BCUT2D eigenvalue weighted by Gasteiger charge is -2.12. The Bertz CT molecular complexity index is 2880. The maximum atomic E-state index is 8.84. The van der Waals surface area contributed by atoms with Crippen molar-refractivity contribution in [1.82, 2.24) is 9.13 Å². The van der Waals surface area contributed by atoms with Crippen molar-refractivity contribution in [2.75, 3.05) is 0 Å². The molecule has 0 saturated heterocycles. The zero-order valence-electron chi connectivity index (χ0n) is 34.6.